The van der Waals surface area contributed by atoms with Gasteiger partial charge in [-0.15, -0.1) is 6.58 Å². The van der Waals surface area contributed by atoms with Crippen LogP contribution in [-0.4, -0.2) is 18.6 Å². The van der Waals surface area contributed by atoms with E-state index >= 15 is 0 Å². The Morgan fingerprint density at radius 3 is 2.71 bits per heavy atom. The maximum Gasteiger partial charge on any atom is 0.322 e. The predicted molar refractivity (Wildman–Crippen MR) is 57.8 cm³/mol. The molecule has 0 amide bonds. The Morgan fingerprint density at radius 2 is 2.21 bits per heavy atom. The molecule has 14 heavy (non-hydrogen) atoms. The molecule has 0 heterocycles. The summed E-state index contributed by atoms with van der Waals surface area (Å²) in [5, 5.41) is 0. The second kappa shape index (κ2) is 7.56. The molecule has 0 aliphatic rings. The van der Waals surface area contributed by atoms with Crippen molar-refractivity contribution in [2.24, 2.45) is 11.7 Å². The highest BCUT2D eigenvalue weighted by molar-refractivity contribution is 5.75. The molecule has 0 aliphatic carbocycles. The van der Waals surface area contributed by atoms with Crippen molar-refractivity contribution < 1.29 is 9.53 Å². The first kappa shape index (κ1) is 13.2. The molecule has 3 heteroatoms. The van der Waals surface area contributed by atoms with E-state index in [0.717, 1.165) is 12.8 Å². The SMILES string of the molecule is C=CCCCOC(=O)[C@@H](N)CC(C)C. The smallest absolute Gasteiger partial charge is 0.322 e. The van der Waals surface area contributed by atoms with Gasteiger partial charge in [0.2, 0.25) is 0 Å². The summed E-state index contributed by atoms with van der Waals surface area (Å²) in [6.45, 7) is 8.09. The highest BCUT2D eigenvalue weighted by atomic mass is 16.5. The fourth-order valence-corrected chi connectivity index (χ4v) is 1.11. The fourth-order valence-electron chi connectivity index (χ4n) is 1.11. The quantitative estimate of drug-likeness (QED) is 0.387. The lowest BCUT2D eigenvalue weighted by Crippen LogP contribution is -2.33. The minimum atomic E-state index is -0.473. The molecular weight excluding hydrogens is 178 g/mol. The van der Waals surface area contributed by atoms with Gasteiger partial charge in [-0.2, -0.15) is 0 Å². The van der Waals surface area contributed by atoms with Gasteiger partial charge < -0.3 is 10.5 Å². The van der Waals surface area contributed by atoms with Crippen molar-refractivity contribution in [2.45, 2.75) is 39.2 Å². The van der Waals surface area contributed by atoms with Crippen molar-refractivity contribution in [3.05, 3.63) is 12.7 Å². The summed E-state index contributed by atoms with van der Waals surface area (Å²) in [5.74, 6) is 0.133. The van der Waals surface area contributed by atoms with Crippen molar-refractivity contribution in [1.82, 2.24) is 0 Å². The third-order valence-corrected chi connectivity index (χ3v) is 1.82. The second-order valence-electron chi connectivity index (χ2n) is 3.83. The lowest BCUT2D eigenvalue weighted by Gasteiger charge is -2.12. The number of carbonyl (C=O) groups is 1. The average molecular weight is 199 g/mol. The molecule has 0 saturated heterocycles. The number of allylic oxidation sites excluding steroid dienone is 1. The standard InChI is InChI=1S/C11H21NO2/c1-4-5-6-7-14-11(13)10(12)8-9(2)3/h4,9-10H,1,5-8,12H2,2-3H3/t10-/m0/s1. The van der Waals surface area contributed by atoms with E-state index in [1.807, 2.05) is 19.9 Å². The molecule has 0 rings (SSSR count). The molecule has 2 N–H and O–H groups in total. The van der Waals surface area contributed by atoms with Crippen molar-refractivity contribution in [1.29, 1.82) is 0 Å². The molecule has 0 aromatic heterocycles. The molecule has 0 saturated carbocycles. The Kier molecular flexibility index (Phi) is 7.11. The number of nitrogens with two attached hydrogens (primary N) is 1. The minimum absolute atomic E-state index is 0.289. The molecular formula is C11H21NO2. The highest BCUT2D eigenvalue weighted by Crippen LogP contribution is 2.04. The number of hydrogen-bond donors (Lipinski definition) is 1. The van der Waals surface area contributed by atoms with Crippen LogP contribution in [0.2, 0.25) is 0 Å². The number of esters is 1. The van der Waals surface area contributed by atoms with Crippen LogP contribution in [0.25, 0.3) is 0 Å². The molecule has 1 atom stereocenters. The second-order valence-corrected chi connectivity index (χ2v) is 3.83. The molecule has 0 bridgehead atoms. The van der Waals surface area contributed by atoms with Crippen LogP contribution in [0.1, 0.15) is 33.1 Å². The van der Waals surface area contributed by atoms with E-state index in [1.54, 1.807) is 0 Å². The first-order valence-electron chi connectivity index (χ1n) is 5.11. The van der Waals surface area contributed by atoms with Crippen LogP contribution in [0.15, 0.2) is 12.7 Å². The van der Waals surface area contributed by atoms with Gasteiger partial charge in [0.1, 0.15) is 6.04 Å². The highest BCUT2D eigenvalue weighted by Gasteiger charge is 2.15. The topological polar surface area (TPSA) is 52.3 Å². The monoisotopic (exact) mass is 199 g/mol. The van der Waals surface area contributed by atoms with Crippen molar-refractivity contribution in [3.8, 4) is 0 Å². The zero-order valence-corrected chi connectivity index (χ0v) is 9.16. The van der Waals surface area contributed by atoms with Crippen LogP contribution >= 0.6 is 0 Å². The fraction of sp³-hybridized carbons (Fsp3) is 0.727. The first-order valence-corrected chi connectivity index (χ1v) is 5.11. The Morgan fingerprint density at radius 1 is 1.57 bits per heavy atom. The van der Waals surface area contributed by atoms with Gasteiger partial charge in [0.15, 0.2) is 0 Å². The third-order valence-electron chi connectivity index (χ3n) is 1.82. The summed E-state index contributed by atoms with van der Waals surface area (Å²) in [5.41, 5.74) is 5.64. The van der Waals surface area contributed by atoms with Crippen LogP contribution in [0, 0.1) is 5.92 Å². The molecule has 3 nitrogen and oxygen atoms in total. The van der Waals surface area contributed by atoms with Crippen LogP contribution in [0.3, 0.4) is 0 Å². The molecule has 0 aliphatic heterocycles. The molecule has 0 spiro atoms. The van der Waals surface area contributed by atoms with E-state index in [0.29, 0.717) is 18.9 Å². The normalized spacial score (nSPS) is 12.6. The van der Waals surface area contributed by atoms with Crippen LogP contribution in [-0.2, 0) is 9.53 Å². The van der Waals surface area contributed by atoms with Gasteiger partial charge in [-0.3, -0.25) is 4.79 Å². The molecule has 0 aromatic rings. The first-order chi connectivity index (χ1) is 6.57. The van der Waals surface area contributed by atoms with Crippen molar-refractivity contribution >= 4 is 5.97 Å². The molecule has 0 fully saturated rings. The molecule has 0 aromatic carbocycles. The van der Waals surface area contributed by atoms with Crippen molar-refractivity contribution in [3.63, 3.8) is 0 Å². The number of ether oxygens (including phenoxy) is 1. The summed E-state index contributed by atoms with van der Waals surface area (Å²) in [7, 11) is 0. The molecule has 0 radical (unpaired) electrons. The average Bonchev–Trinajstić information content (AvgIpc) is 2.11. The van der Waals surface area contributed by atoms with Gasteiger partial charge in [0, 0.05) is 0 Å². The van der Waals surface area contributed by atoms with E-state index < -0.39 is 6.04 Å². The van der Waals surface area contributed by atoms with E-state index in [2.05, 4.69) is 6.58 Å². The van der Waals surface area contributed by atoms with Gasteiger partial charge in [-0.05, 0) is 25.2 Å². The Bertz CT molecular complexity index is 178. The maximum atomic E-state index is 11.3. The minimum Gasteiger partial charge on any atom is -0.465 e. The van der Waals surface area contributed by atoms with E-state index in [1.165, 1.54) is 0 Å². The number of carbonyl (C=O) groups excluding carboxylic acids is 1. The van der Waals surface area contributed by atoms with Crippen LogP contribution < -0.4 is 5.73 Å². The maximum absolute atomic E-state index is 11.3. The van der Waals surface area contributed by atoms with Gasteiger partial charge in [0.25, 0.3) is 0 Å². The summed E-state index contributed by atoms with van der Waals surface area (Å²) in [6, 6.07) is -0.473. The lowest BCUT2D eigenvalue weighted by atomic mass is 10.1. The Balaban J connectivity index is 3.56. The van der Waals surface area contributed by atoms with Crippen molar-refractivity contribution in [2.75, 3.05) is 6.61 Å². The summed E-state index contributed by atoms with van der Waals surface area (Å²) in [4.78, 5) is 11.3. The Labute approximate surface area is 86.3 Å². The van der Waals surface area contributed by atoms with Gasteiger partial charge >= 0.3 is 5.97 Å². The zero-order chi connectivity index (χ0) is 11.0. The number of unbranched alkanes of at least 4 members (excludes halogenated alkanes) is 1. The van der Waals surface area contributed by atoms with Gasteiger partial charge in [-0.1, -0.05) is 19.9 Å². The summed E-state index contributed by atoms with van der Waals surface area (Å²) < 4.78 is 5.00. The van der Waals surface area contributed by atoms with Crippen LogP contribution in [0.4, 0.5) is 0 Å². The number of rotatable bonds is 7. The third kappa shape index (κ3) is 6.66. The lowest BCUT2D eigenvalue weighted by molar-refractivity contribution is -0.145. The van der Waals surface area contributed by atoms with Gasteiger partial charge in [-0.25, -0.2) is 0 Å². The molecule has 82 valence electrons. The molecule has 0 unspecified atom stereocenters. The Hall–Kier alpha value is -0.830. The van der Waals surface area contributed by atoms with Crippen LogP contribution in [0.5, 0.6) is 0 Å². The summed E-state index contributed by atoms with van der Waals surface area (Å²) >= 11 is 0. The number of hydrogen-bond acceptors (Lipinski definition) is 3. The largest absolute Gasteiger partial charge is 0.465 e. The predicted octanol–water partition coefficient (Wildman–Crippen LogP) is 1.87. The van der Waals surface area contributed by atoms with Gasteiger partial charge in [0.05, 0.1) is 6.61 Å². The van der Waals surface area contributed by atoms with E-state index in [4.69, 9.17) is 10.5 Å². The zero-order valence-electron chi connectivity index (χ0n) is 9.16. The summed E-state index contributed by atoms with van der Waals surface area (Å²) in [6.07, 6.45) is 4.18. The van der Waals surface area contributed by atoms with E-state index in [9.17, 15) is 4.79 Å². The van der Waals surface area contributed by atoms with E-state index in [-0.39, 0.29) is 5.97 Å².